The fourth-order valence-electron chi connectivity index (χ4n) is 2.74. The maximum Gasteiger partial charge on any atom is 0.322 e. The zero-order valence-electron chi connectivity index (χ0n) is 15.1. The predicted octanol–water partition coefficient (Wildman–Crippen LogP) is 3.13. The molecule has 0 saturated carbocycles. The third kappa shape index (κ3) is 4.49. The molecule has 1 aromatic rings. The highest BCUT2D eigenvalue weighted by molar-refractivity contribution is 5.91. The van der Waals surface area contributed by atoms with Crippen molar-refractivity contribution in [2.24, 2.45) is 5.92 Å². The second kappa shape index (κ2) is 7.23. The minimum atomic E-state index is -0.517. The van der Waals surface area contributed by atoms with Crippen molar-refractivity contribution in [1.29, 1.82) is 0 Å². The number of aromatic nitrogens is 1. The number of esters is 1. The minimum absolute atomic E-state index is 0.232. The molecule has 2 rings (SSSR count). The second-order valence-electron chi connectivity index (χ2n) is 7.16. The van der Waals surface area contributed by atoms with Gasteiger partial charge in [0.05, 0.1) is 5.92 Å². The van der Waals surface area contributed by atoms with E-state index in [9.17, 15) is 9.59 Å². The first-order valence-corrected chi connectivity index (χ1v) is 8.45. The molecule has 0 unspecified atom stereocenters. The van der Waals surface area contributed by atoms with Gasteiger partial charge < -0.3 is 19.5 Å². The van der Waals surface area contributed by atoms with Gasteiger partial charge in [0.1, 0.15) is 17.0 Å². The molecule has 0 radical (unpaired) electrons. The molecule has 0 spiro atoms. The number of piperidine rings is 1. The number of likely N-dealkylation sites (tertiary alicyclic amines) is 1. The van der Waals surface area contributed by atoms with Gasteiger partial charge in [-0.1, -0.05) is 12.1 Å². The van der Waals surface area contributed by atoms with Crippen molar-refractivity contribution < 1.29 is 18.8 Å². The second-order valence-corrected chi connectivity index (χ2v) is 7.16. The zero-order valence-corrected chi connectivity index (χ0v) is 15.1. The summed E-state index contributed by atoms with van der Waals surface area (Å²) in [5, 5.41) is 6.80. The van der Waals surface area contributed by atoms with Gasteiger partial charge in [0.2, 0.25) is 0 Å². The number of urea groups is 1. The number of rotatable bonds is 3. The van der Waals surface area contributed by atoms with Crippen LogP contribution in [0.1, 0.15) is 52.0 Å². The van der Waals surface area contributed by atoms with Crippen LogP contribution in [0, 0.1) is 12.8 Å². The predicted molar refractivity (Wildman–Crippen MR) is 89.8 cm³/mol. The van der Waals surface area contributed by atoms with Gasteiger partial charge in [0.25, 0.3) is 0 Å². The highest BCUT2D eigenvalue weighted by atomic mass is 16.6. The van der Waals surface area contributed by atoms with Gasteiger partial charge in [-0.05, 0) is 47.0 Å². The van der Waals surface area contributed by atoms with Gasteiger partial charge in [-0.2, -0.15) is 0 Å². The molecule has 0 aromatic carbocycles. The molecule has 7 heteroatoms. The number of ether oxygens (including phenoxy) is 1. The third-order valence-electron chi connectivity index (χ3n) is 3.95. The Balaban J connectivity index is 2.00. The summed E-state index contributed by atoms with van der Waals surface area (Å²) >= 11 is 0. The third-order valence-corrected chi connectivity index (χ3v) is 3.95. The molecule has 1 saturated heterocycles. The first-order chi connectivity index (χ1) is 11.2. The van der Waals surface area contributed by atoms with E-state index in [1.165, 1.54) is 0 Å². The van der Waals surface area contributed by atoms with Crippen LogP contribution in [0.4, 0.5) is 10.5 Å². The van der Waals surface area contributed by atoms with Crippen molar-refractivity contribution in [3.8, 4) is 0 Å². The largest absolute Gasteiger partial charge is 0.460 e. The van der Waals surface area contributed by atoms with Crippen molar-refractivity contribution in [3.05, 3.63) is 11.5 Å². The summed E-state index contributed by atoms with van der Waals surface area (Å²) in [6.07, 6.45) is 2.19. The van der Waals surface area contributed by atoms with Crippen LogP contribution in [0.15, 0.2) is 4.52 Å². The fourth-order valence-corrected chi connectivity index (χ4v) is 2.74. The number of nitrogens with one attached hydrogen (secondary N) is 1. The summed E-state index contributed by atoms with van der Waals surface area (Å²) in [5.41, 5.74) is 0.834. The Morgan fingerprint density at radius 2 is 2.12 bits per heavy atom. The SMILES string of the molecule is CCc1noc(C)c1NC(=O)N1CCC[C@H](C(=O)OC(C)(C)C)C1. The normalized spacial score (nSPS) is 18.4. The van der Waals surface area contributed by atoms with Crippen molar-refractivity contribution >= 4 is 17.7 Å². The lowest BCUT2D eigenvalue weighted by Gasteiger charge is -2.33. The number of amides is 2. The molecule has 134 valence electrons. The molecule has 1 aliphatic rings. The highest BCUT2D eigenvalue weighted by Crippen LogP contribution is 2.24. The van der Waals surface area contributed by atoms with Gasteiger partial charge in [0, 0.05) is 13.1 Å². The Hall–Kier alpha value is -2.05. The molecule has 1 aliphatic heterocycles. The van der Waals surface area contributed by atoms with E-state index in [0.717, 1.165) is 18.5 Å². The van der Waals surface area contributed by atoms with E-state index in [1.807, 2.05) is 27.7 Å². The summed E-state index contributed by atoms with van der Waals surface area (Å²) in [6, 6.07) is -0.232. The Kier molecular flexibility index (Phi) is 5.51. The van der Waals surface area contributed by atoms with Crippen molar-refractivity contribution in [2.45, 2.75) is 59.5 Å². The lowest BCUT2D eigenvalue weighted by Crippen LogP contribution is -2.45. The van der Waals surface area contributed by atoms with Gasteiger partial charge in [-0.25, -0.2) is 4.79 Å². The summed E-state index contributed by atoms with van der Waals surface area (Å²) in [5.74, 6) is 0.0641. The summed E-state index contributed by atoms with van der Waals surface area (Å²) in [7, 11) is 0. The maximum absolute atomic E-state index is 12.5. The van der Waals surface area contributed by atoms with E-state index in [-0.39, 0.29) is 17.9 Å². The van der Waals surface area contributed by atoms with Gasteiger partial charge in [-0.3, -0.25) is 4.79 Å². The summed E-state index contributed by atoms with van der Waals surface area (Å²) in [6.45, 7) is 10.2. The number of anilines is 1. The van der Waals surface area contributed by atoms with Gasteiger partial charge in [-0.15, -0.1) is 0 Å². The van der Waals surface area contributed by atoms with Crippen LogP contribution in [0.5, 0.6) is 0 Å². The molecule has 1 N–H and O–H groups in total. The molecule has 1 atom stereocenters. The Morgan fingerprint density at radius 1 is 1.42 bits per heavy atom. The number of carbonyl (C=O) groups is 2. The van der Waals surface area contributed by atoms with E-state index in [1.54, 1.807) is 11.8 Å². The first kappa shape index (κ1) is 18.3. The topological polar surface area (TPSA) is 84.7 Å². The summed E-state index contributed by atoms with van der Waals surface area (Å²) in [4.78, 5) is 26.4. The monoisotopic (exact) mass is 337 g/mol. The van der Waals surface area contributed by atoms with Crippen molar-refractivity contribution in [2.75, 3.05) is 18.4 Å². The molecule has 7 nitrogen and oxygen atoms in total. The first-order valence-electron chi connectivity index (χ1n) is 8.45. The molecular weight excluding hydrogens is 310 g/mol. The van der Waals surface area contributed by atoms with Crippen LogP contribution in [0.3, 0.4) is 0 Å². The molecule has 1 fully saturated rings. The highest BCUT2D eigenvalue weighted by Gasteiger charge is 2.32. The van der Waals surface area contributed by atoms with Crippen molar-refractivity contribution in [1.82, 2.24) is 10.1 Å². The average molecular weight is 337 g/mol. The van der Waals surface area contributed by atoms with E-state index in [2.05, 4.69) is 10.5 Å². The Bertz CT molecular complexity index is 603. The average Bonchev–Trinajstić information content (AvgIpc) is 2.86. The van der Waals surface area contributed by atoms with Crippen LogP contribution in [-0.4, -0.2) is 40.7 Å². The molecule has 2 amide bonds. The number of nitrogens with zero attached hydrogens (tertiary/aromatic N) is 2. The standard InChI is InChI=1S/C17H27N3O4/c1-6-13-14(11(2)24-19-13)18-16(22)20-9-7-8-12(10-20)15(21)23-17(3,4)5/h12H,6-10H2,1-5H3,(H,18,22)/t12-/m0/s1. The lowest BCUT2D eigenvalue weighted by atomic mass is 9.98. The zero-order chi connectivity index (χ0) is 17.9. The quantitative estimate of drug-likeness (QED) is 0.857. The minimum Gasteiger partial charge on any atom is -0.460 e. The molecule has 0 aliphatic carbocycles. The number of hydrogen-bond acceptors (Lipinski definition) is 5. The van der Waals surface area contributed by atoms with Crippen LogP contribution in [0.2, 0.25) is 0 Å². The van der Waals surface area contributed by atoms with E-state index in [0.29, 0.717) is 31.0 Å². The number of hydrogen-bond donors (Lipinski definition) is 1. The van der Waals surface area contributed by atoms with E-state index in [4.69, 9.17) is 9.26 Å². The van der Waals surface area contributed by atoms with Crippen molar-refractivity contribution in [3.63, 3.8) is 0 Å². The lowest BCUT2D eigenvalue weighted by molar-refractivity contribution is -0.161. The smallest absolute Gasteiger partial charge is 0.322 e. The van der Waals surface area contributed by atoms with Crippen LogP contribution in [0.25, 0.3) is 0 Å². The Morgan fingerprint density at radius 3 is 2.75 bits per heavy atom. The van der Waals surface area contributed by atoms with E-state index < -0.39 is 5.60 Å². The molecule has 0 bridgehead atoms. The van der Waals surface area contributed by atoms with E-state index >= 15 is 0 Å². The Labute approximate surface area is 142 Å². The summed E-state index contributed by atoms with van der Waals surface area (Å²) < 4.78 is 10.6. The van der Waals surface area contributed by atoms with Crippen LogP contribution < -0.4 is 5.32 Å². The number of carbonyl (C=O) groups excluding carboxylic acids is 2. The van der Waals surface area contributed by atoms with Crippen LogP contribution >= 0.6 is 0 Å². The number of aryl methyl sites for hydroxylation is 2. The van der Waals surface area contributed by atoms with Gasteiger partial charge in [0.15, 0.2) is 5.76 Å². The van der Waals surface area contributed by atoms with Gasteiger partial charge >= 0.3 is 12.0 Å². The molecule has 2 heterocycles. The maximum atomic E-state index is 12.5. The fraction of sp³-hybridized carbons (Fsp3) is 0.706. The molecular formula is C17H27N3O4. The van der Waals surface area contributed by atoms with Crippen LogP contribution in [-0.2, 0) is 16.0 Å². The molecule has 24 heavy (non-hydrogen) atoms. The molecule has 1 aromatic heterocycles.